The van der Waals surface area contributed by atoms with E-state index in [2.05, 4.69) is 29.4 Å². The van der Waals surface area contributed by atoms with Gasteiger partial charge in [0.25, 0.3) is 0 Å². The molecule has 3 heterocycles. The average Bonchev–Trinajstić information content (AvgIpc) is 2.95. The third-order valence-corrected chi connectivity index (χ3v) is 8.54. The van der Waals surface area contributed by atoms with Crippen molar-refractivity contribution in [3.8, 4) is 0 Å². The number of carbonyl (C=O) groups is 3. The molecule has 0 aliphatic carbocycles. The zero-order valence-corrected chi connectivity index (χ0v) is 24.2. The maximum absolute atomic E-state index is 15.3. The van der Waals surface area contributed by atoms with Crippen LogP contribution in [0.5, 0.6) is 0 Å². The van der Waals surface area contributed by atoms with E-state index in [-0.39, 0.29) is 48.4 Å². The number of hydrogen-bond donors (Lipinski definition) is 2. The Bertz CT molecular complexity index is 1280. The van der Waals surface area contributed by atoms with E-state index < -0.39 is 23.6 Å². The minimum Gasteiger partial charge on any atom is -0.445 e. The number of anilines is 2. The molecule has 0 radical (unpaired) electrons. The average molecular weight is 584 g/mol. The van der Waals surface area contributed by atoms with E-state index in [1.807, 2.05) is 30.3 Å². The van der Waals surface area contributed by atoms with Gasteiger partial charge in [-0.25, -0.2) is 13.6 Å². The van der Waals surface area contributed by atoms with E-state index >= 15 is 8.78 Å². The van der Waals surface area contributed by atoms with E-state index in [0.29, 0.717) is 38.6 Å². The summed E-state index contributed by atoms with van der Waals surface area (Å²) in [6.07, 6.45) is 1.91. The van der Waals surface area contributed by atoms with Gasteiger partial charge >= 0.3 is 6.09 Å². The molecule has 42 heavy (non-hydrogen) atoms. The van der Waals surface area contributed by atoms with Crippen LogP contribution in [0.3, 0.4) is 0 Å². The molecule has 0 bridgehead atoms. The van der Waals surface area contributed by atoms with Gasteiger partial charge in [-0.05, 0) is 56.7 Å². The molecule has 0 aromatic heterocycles. The van der Waals surface area contributed by atoms with Gasteiger partial charge in [-0.1, -0.05) is 30.3 Å². The number of carbonyl (C=O) groups excluding carboxylic acids is 3. The van der Waals surface area contributed by atoms with E-state index in [1.54, 1.807) is 9.80 Å². The third-order valence-electron chi connectivity index (χ3n) is 8.54. The maximum Gasteiger partial charge on any atom is 0.410 e. The lowest BCUT2D eigenvalue weighted by Gasteiger charge is -2.49. The molecule has 2 aromatic rings. The topological polar surface area (TPSA) is 94.2 Å². The molecule has 3 fully saturated rings. The Morgan fingerprint density at radius 1 is 1.02 bits per heavy atom. The van der Waals surface area contributed by atoms with Crippen LogP contribution in [0.25, 0.3) is 0 Å². The predicted molar refractivity (Wildman–Crippen MR) is 155 cm³/mol. The van der Waals surface area contributed by atoms with Gasteiger partial charge in [0.2, 0.25) is 11.8 Å². The van der Waals surface area contributed by atoms with Crippen molar-refractivity contribution < 1.29 is 27.9 Å². The summed E-state index contributed by atoms with van der Waals surface area (Å²) in [4.78, 5) is 41.9. The largest absolute Gasteiger partial charge is 0.445 e. The van der Waals surface area contributed by atoms with Crippen LogP contribution < -0.4 is 15.5 Å². The first-order chi connectivity index (χ1) is 20.1. The van der Waals surface area contributed by atoms with Crippen LogP contribution in [0.1, 0.15) is 45.1 Å². The zero-order chi connectivity index (χ0) is 29.9. The summed E-state index contributed by atoms with van der Waals surface area (Å²) in [7, 11) is 0. The van der Waals surface area contributed by atoms with Crippen molar-refractivity contribution in [3.63, 3.8) is 0 Å². The van der Waals surface area contributed by atoms with Crippen molar-refractivity contribution in [1.29, 1.82) is 0 Å². The molecule has 0 spiro atoms. The quantitative estimate of drug-likeness (QED) is 0.474. The van der Waals surface area contributed by atoms with Crippen LogP contribution in [0.4, 0.5) is 25.0 Å². The minimum absolute atomic E-state index is 0.0705. The normalized spacial score (nSPS) is 21.7. The van der Waals surface area contributed by atoms with Crippen molar-refractivity contribution in [2.75, 3.05) is 49.5 Å². The number of rotatable bonds is 7. The highest BCUT2D eigenvalue weighted by Crippen LogP contribution is 2.33. The van der Waals surface area contributed by atoms with Gasteiger partial charge in [-0.2, -0.15) is 0 Å². The fourth-order valence-electron chi connectivity index (χ4n) is 6.12. The molecule has 3 aliphatic rings. The number of benzene rings is 2. The van der Waals surface area contributed by atoms with Gasteiger partial charge in [0.15, 0.2) is 11.6 Å². The first kappa shape index (κ1) is 29.8. The number of piperazine rings is 1. The maximum atomic E-state index is 15.3. The van der Waals surface area contributed by atoms with Crippen molar-refractivity contribution in [3.05, 3.63) is 59.7 Å². The van der Waals surface area contributed by atoms with Crippen molar-refractivity contribution >= 4 is 29.3 Å². The summed E-state index contributed by atoms with van der Waals surface area (Å²) in [6, 6.07) is 11.3. The molecular weight excluding hydrogens is 544 g/mol. The Morgan fingerprint density at radius 2 is 1.71 bits per heavy atom. The summed E-state index contributed by atoms with van der Waals surface area (Å²) in [5.41, 5.74) is 0.726. The summed E-state index contributed by atoms with van der Waals surface area (Å²) in [6.45, 7) is 8.16. The van der Waals surface area contributed by atoms with Crippen LogP contribution >= 0.6 is 0 Å². The smallest absolute Gasteiger partial charge is 0.410 e. The highest BCUT2D eigenvalue weighted by atomic mass is 19.1. The molecule has 1 atom stereocenters. The highest BCUT2D eigenvalue weighted by Gasteiger charge is 2.37. The summed E-state index contributed by atoms with van der Waals surface area (Å²) in [5.74, 6) is -1.82. The predicted octanol–water partition coefficient (Wildman–Crippen LogP) is 4.13. The molecule has 226 valence electrons. The zero-order valence-electron chi connectivity index (χ0n) is 24.2. The van der Waals surface area contributed by atoms with Gasteiger partial charge in [0, 0.05) is 56.9 Å². The SMILES string of the molecule is CC1(C)CN(c2c(F)cc(NC3CCC(=O)NC3=O)cc2F)CCN1CC1CCN(C(=O)OCc2ccccc2)CC1. The van der Waals surface area contributed by atoms with Crippen LogP contribution in [0.2, 0.25) is 0 Å². The van der Waals surface area contributed by atoms with Gasteiger partial charge < -0.3 is 19.9 Å². The second kappa shape index (κ2) is 12.6. The molecule has 0 saturated carbocycles. The first-order valence-corrected chi connectivity index (χ1v) is 14.6. The second-order valence-corrected chi connectivity index (χ2v) is 12.1. The number of piperidine rings is 2. The molecule has 9 nitrogen and oxygen atoms in total. The Balaban J connectivity index is 1.12. The van der Waals surface area contributed by atoms with E-state index in [0.717, 1.165) is 24.9 Å². The van der Waals surface area contributed by atoms with Crippen LogP contribution in [-0.2, 0) is 20.9 Å². The number of nitrogens with zero attached hydrogens (tertiary/aromatic N) is 3. The van der Waals surface area contributed by atoms with Crippen LogP contribution in [0, 0.1) is 17.6 Å². The van der Waals surface area contributed by atoms with Crippen molar-refractivity contribution in [2.24, 2.45) is 5.92 Å². The number of amides is 3. The van der Waals surface area contributed by atoms with Gasteiger partial charge in [-0.3, -0.25) is 19.8 Å². The van der Waals surface area contributed by atoms with Gasteiger partial charge in [0.1, 0.15) is 18.3 Å². The Kier molecular flexibility index (Phi) is 8.96. The second-order valence-electron chi connectivity index (χ2n) is 12.1. The first-order valence-electron chi connectivity index (χ1n) is 14.6. The Labute approximate surface area is 245 Å². The fraction of sp³-hybridized carbons (Fsp3) is 0.516. The van der Waals surface area contributed by atoms with Gasteiger partial charge in [-0.15, -0.1) is 0 Å². The molecule has 2 aromatic carbocycles. The van der Waals surface area contributed by atoms with Crippen LogP contribution in [-0.4, -0.2) is 78.6 Å². The minimum atomic E-state index is -0.721. The lowest BCUT2D eigenvalue weighted by Crippen LogP contribution is -2.61. The molecular formula is C31H39F2N5O4. The van der Waals surface area contributed by atoms with Crippen molar-refractivity contribution in [2.45, 2.75) is 57.7 Å². The fourth-order valence-corrected chi connectivity index (χ4v) is 6.12. The Hall–Kier alpha value is -3.73. The van der Waals surface area contributed by atoms with Crippen LogP contribution in [0.15, 0.2) is 42.5 Å². The monoisotopic (exact) mass is 583 g/mol. The lowest BCUT2D eigenvalue weighted by atomic mass is 9.91. The van der Waals surface area contributed by atoms with Crippen molar-refractivity contribution in [1.82, 2.24) is 15.1 Å². The molecule has 11 heteroatoms. The number of nitrogens with one attached hydrogen (secondary N) is 2. The molecule has 1 unspecified atom stereocenters. The lowest BCUT2D eigenvalue weighted by molar-refractivity contribution is -0.133. The third kappa shape index (κ3) is 7.00. The molecule has 3 aliphatic heterocycles. The van der Waals surface area contributed by atoms with E-state index in [4.69, 9.17) is 4.74 Å². The standard InChI is InChI=1S/C31H39F2N5O4/c1-31(2)20-37(28-24(32)16-23(17-25(28)33)34-26-8-9-27(39)35-29(26)40)14-15-38(31)18-21-10-12-36(13-11-21)30(41)42-19-22-6-4-3-5-7-22/h3-7,16-17,21,26,34H,8-15,18-20H2,1-2H3,(H,35,39,40). The molecule has 5 rings (SSSR count). The number of halogens is 2. The number of imide groups is 1. The highest BCUT2D eigenvalue weighted by molar-refractivity contribution is 6.01. The Morgan fingerprint density at radius 3 is 2.36 bits per heavy atom. The molecule has 2 N–H and O–H groups in total. The summed E-state index contributed by atoms with van der Waals surface area (Å²) in [5, 5.41) is 5.09. The van der Waals surface area contributed by atoms with E-state index in [1.165, 1.54) is 12.1 Å². The number of ether oxygens (including phenoxy) is 1. The molecule has 3 saturated heterocycles. The van der Waals surface area contributed by atoms with E-state index in [9.17, 15) is 14.4 Å². The summed E-state index contributed by atoms with van der Waals surface area (Å²) >= 11 is 0. The van der Waals surface area contributed by atoms with Gasteiger partial charge in [0.05, 0.1) is 0 Å². The molecule has 3 amide bonds. The number of likely N-dealkylation sites (tertiary alicyclic amines) is 1. The summed E-state index contributed by atoms with van der Waals surface area (Å²) < 4.78 is 36.0. The number of hydrogen-bond acceptors (Lipinski definition) is 7.